The van der Waals surface area contributed by atoms with Gasteiger partial charge in [-0.1, -0.05) is 38.1 Å². The summed E-state index contributed by atoms with van der Waals surface area (Å²) in [7, 11) is 0. The first-order valence-corrected chi connectivity index (χ1v) is 6.48. The van der Waals surface area contributed by atoms with Crippen molar-refractivity contribution in [3.05, 3.63) is 42.0 Å². The third-order valence-corrected chi connectivity index (χ3v) is 3.97. The van der Waals surface area contributed by atoms with E-state index in [1.54, 1.807) is 11.3 Å². The molecule has 2 N–H and O–H groups in total. The molecule has 0 amide bonds. The Hall–Kier alpha value is -1.28. The van der Waals surface area contributed by atoms with Crippen LogP contribution in [-0.4, -0.2) is 0 Å². The zero-order valence-corrected chi connectivity index (χ0v) is 10.6. The third kappa shape index (κ3) is 2.27. The van der Waals surface area contributed by atoms with Crippen LogP contribution in [0.1, 0.15) is 31.7 Å². The summed E-state index contributed by atoms with van der Waals surface area (Å²) in [4.78, 5) is 1.24. The maximum Gasteiger partial charge on any atom is 0.0862 e. The molecule has 16 heavy (non-hydrogen) atoms. The van der Waals surface area contributed by atoms with Crippen molar-refractivity contribution in [1.82, 2.24) is 0 Å². The van der Waals surface area contributed by atoms with Crippen molar-refractivity contribution >= 4 is 16.3 Å². The fourth-order valence-corrected chi connectivity index (χ4v) is 2.50. The maximum atomic E-state index is 5.73. The number of hydrogen-bond donors (Lipinski definition) is 1. The van der Waals surface area contributed by atoms with E-state index in [9.17, 15) is 0 Å². The van der Waals surface area contributed by atoms with Crippen LogP contribution >= 0.6 is 11.3 Å². The summed E-state index contributed by atoms with van der Waals surface area (Å²) in [6.45, 7) is 4.48. The molecular formula is C14H17NS. The number of nitrogen functional groups attached to an aromatic ring is 1. The van der Waals surface area contributed by atoms with Gasteiger partial charge in [0.05, 0.1) is 5.00 Å². The molecule has 0 spiro atoms. The van der Waals surface area contributed by atoms with Crippen LogP contribution in [0.3, 0.4) is 0 Å². The Bertz CT molecular complexity index is 456. The van der Waals surface area contributed by atoms with Crippen molar-refractivity contribution in [2.75, 3.05) is 5.73 Å². The van der Waals surface area contributed by atoms with Gasteiger partial charge in [0.1, 0.15) is 0 Å². The summed E-state index contributed by atoms with van der Waals surface area (Å²) in [5, 5.41) is 0.876. The molecule has 1 heterocycles. The largest absolute Gasteiger partial charge is 0.391 e. The molecule has 0 fully saturated rings. The van der Waals surface area contributed by atoms with Crippen molar-refractivity contribution in [2.24, 2.45) is 0 Å². The van der Waals surface area contributed by atoms with E-state index in [0.29, 0.717) is 5.92 Å². The highest BCUT2D eigenvalue weighted by molar-refractivity contribution is 7.19. The lowest BCUT2D eigenvalue weighted by Gasteiger charge is -2.09. The zero-order chi connectivity index (χ0) is 11.5. The summed E-state index contributed by atoms with van der Waals surface area (Å²) in [5.41, 5.74) is 8.40. The van der Waals surface area contributed by atoms with E-state index < -0.39 is 0 Å². The zero-order valence-electron chi connectivity index (χ0n) is 9.73. The van der Waals surface area contributed by atoms with Gasteiger partial charge in [0.2, 0.25) is 0 Å². The minimum atomic E-state index is 0.641. The third-order valence-electron chi connectivity index (χ3n) is 3.00. The molecule has 0 saturated heterocycles. The monoisotopic (exact) mass is 231 g/mol. The molecule has 2 heteroatoms. The first-order valence-electron chi connectivity index (χ1n) is 5.66. The van der Waals surface area contributed by atoms with Gasteiger partial charge in [-0.2, -0.15) is 0 Å². The maximum absolute atomic E-state index is 5.73. The second kappa shape index (κ2) is 4.71. The van der Waals surface area contributed by atoms with Gasteiger partial charge in [-0.25, -0.2) is 0 Å². The number of rotatable bonds is 3. The van der Waals surface area contributed by atoms with Gasteiger partial charge in [0.25, 0.3) is 0 Å². The quantitative estimate of drug-likeness (QED) is 0.826. The van der Waals surface area contributed by atoms with Gasteiger partial charge in [-0.15, -0.1) is 11.3 Å². The second-order valence-corrected chi connectivity index (χ2v) is 5.25. The summed E-state index contributed by atoms with van der Waals surface area (Å²) in [6, 6.07) is 12.9. The highest BCUT2D eigenvalue weighted by Crippen LogP contribution is 2.30. The summed E-state index contributed by atoms with van der Waals surface area (Å²) in [6.07, 6.45) is 1.19. The highest BCUT2D eigenvalue weighted by Gasteiger charge is 2.04. The number of anilines is 1. The van der Waals surface area contributed by atoms with Gasteiger partial charge in [0, 0.05) is 4.88 Å². The van der Waals surface area contributed by atoms with Gasteiger partial charge in [-0.3, -0.25) is 0 Å². The molecule has 1 unspecified atom stereocenters. The minimum Gasteiger partial charge on any atom is -0.391 e. The standard InChI is InChI=1S/C14H17NS/c1-3-10(2)11-4-6-12(7-5-11)13-8-9-14(15)16-13/h4-10H,3,15H2,1-2H3. The first kappa shape index (κ1) is 11.2. The number of thiophene rings is 1. The molecule has 0 aliphatic rings. The van der Waals surface area contributed by atoms with Crippen LogP contribution in [-0.2, 0) is 0 Å². The van der Waals surface area contributed by atoms with Gasteiger partial charge < -0.3 is 5.73 Å². The molecule has 1 aromatic carbocycles. The van der Waals surface area contributed by atoms with Gasteiger partial charge in [-0.05, 0) is 35.6 Å². The fraction of sp³-hybridized carbons (Fsp3) is 0.286. The number of benzene rings is 1. The van der Waals surface area contributed by atoms with Crippen LogP contribution in [0.15, 0.2) is 36.4 Å². The van der Waals surface area contributed by atoms with Crippen LogP contribution in [0.2, 0.25) is 0 Å². The van der Waals surface area contributed by atoms with Crippen molar-refractivity contribution in [3.63, 3.8) is 0 Å². The lowest BCUT2D eigenvalue weighted by Crippen LogP contribution is -1.90. The average Bonchev–Trinajstić information content (AvgIpc) is 2.75. The fourth-order valence-electron chi connectivity index (χ4n) is 1.72. The van der Waals surface area contributed by atoms with E-state index in [1.165, 1.54) is 22.4 Å². The van der Waals surface area contributed by atoms with Crippen LogP contribution in [0, 0.1) is 0 Å². The smallest absolute Gasteiger partial charge is 0.0862 e. The van der Waals surface area contributed by atoms with E-state index in [1.807, 2.05) is 6.07 Å². The lowest BCUT2D eigenvalue weighted by molar-refractivity contribution is 0.734. The van der Waals surface area contributed by atoms with Crippen molar-refractivity contribution < 1.29 is 0 Å². The Kier molecular flexibility index (Phi) is 3.30. The van der Waals surface area contributed by atoms with Crippen molar-refractivity contribution in [2.45, 2.75) is 26.2 Å². The molecule has 84 valence electrons. The Morgan fingerprint density at radius 3 is 2.31 bits per heavy atom. The Morgan fingerprint density at radius 2 is 1.81 bits per heavy atom. The first-order chi connectivity index (χ1) is 7.70. The molecule has 0 aliphatic heterocycles. The van der Waals surface area contributed by atoms with Crippen LogP contribution in [0.25, 0.3) is 10.4 Å². The number of hydrogen-bond acceptors (Lipinski definition) is 2. The summed E-state index contributed by atoms with van der Waals surface area (Å²) >= 11 is 1.64. The predicted molar refractivity (Wildman–Crippen MR) is 72.9 cm³/mol. The second-order valence-electron chi connectivity index (χ2n) is 4.13. The molecule has 2 rings (SSSR count). The molecule has 1 aromatic heterocycles. The minimum absolute atomic E-state index is 0.641. The van der Waals surface area contributed by atoms with E-state index in [2.05, 4.69) is 44.2 Å². The Morgan fingerprint density at radius 1 is 1.12 bits per heavy atom. The van der Waals surface area contributed by atoms with Crippen LogP contribution in [0.5, 0.6) is 0 Å². The van der Waals surface area contributed by atoms with Crippen molar-refractivity contribution in [1.29, 1.82) is 0 Å². The summed E-state index contributed by atoms with van der Waals surface area (Å²) < 4.78 is 0. The Balaban J connectivity index is 2.25. The van der Waals surface area contributed by atoms with Crippen LogP contribution in [0.4, 0.5) is 5.00 Å². The molecule has 0 radical (unpaired) electrons. The molecular weight excluding hydrogens is 214 g/mol. The van der Waals surface area contributed by atoms with E-state index >= 15 is 0 Å². The predicted octanol–water partition coefficient (Wildman–Crippen LogP) is 4.51. The molecule has 0 aliphatic carbocycles. The van der Waals surface area contributed by atoms with E-state index in [4.69, 9.17) is 5.73 Å². The topological polar surface area (TPSA) is 26.0 Å². The van der Waals surface area contributed by atoms with E-state index in [0.717, 1.165) is 5.00 Å². The van der Waals surface area contributed by atoms with Crippen molar-refractivity contribution in [3.8, 4) is 10.4 Å². The molecule has 1 nitrogen and oxygen atoms in total. The SMILES string of the molecule is CCC(C)c1ccc(-c2ccc(N)s2)cc1. The molecule has 2 aromatic rings. The lowest BCUT2D eigenvalue weighted by atomic mass is 9.97. The average molecular weight is 231 g/mol. The summed E-state index contributed by atoms with van der Waals surface area (Å²) in [5.74, 6) is 0.641. The normalized spacial score (nSPS) is 12.6. The van der Waals surface area contributed by atoms with Crippen LogP contribution < -0.4 is 5.73 Å². The highest BCUT2D eigenvalue weighted by atomic mass is 32.1. The number of nitrogens with two attached hydrogens (primary N) is 1. The molecule has 0 saturated carbocycles. The molecule has 1 atom stereocenters. The van der Waals surface area contributed by atoms with Gasteiger partial charge >= 0.3 is 0 Å². The molecule has 0 bridgehead atoms. The van der Waals surface area contributed by atoms with E-state index in [-0.39, 0.29) is 0 Å². The van der Waals surface area contributed by atoms with Gasteiger partial charge in [0.15, 0.2) is 0 Å². The Labute approximate surface area is 101 Å².